The average molecular weight is 359 g/mol. The Labute approximate surface area is 150 Å². The summed E-state index contributed by atoms with van der Waals surface area (Å²) < 4.78 is 32.0. The number of hydrogen-bond donors (Lipinski definition) is 0. The van der Waals surface area contributed by atoms with Gasteiger partial charge in [0.15, 0.2) is 11.1 Å². The molecule has 2 atom stereocenters. The molecule has 25 heavy (non-hydrogen) atoms. The van der Waals surface area contributed by atoms with Gasteiger partial charge in [0, 0.05) is 17.9 Å². The van der Waals surface area contributed by atoms with Crippen LogP contribution >= 0.6 is 0 Å². The van der Waals surface area contributed by atoms with E-state index in [0.717, 1.165) is 16.9 Å². The molecule has 5 heteroatoms. The summed E-state index contributed by atoms with van der Waals surface area (Å²) in [5, 5.41) is 0. The molecule has 132 valence electrons. The standard InChI is InChI=1S/C20H22FNO2S/c1-13-5-7-18(8-6-13)25(23)24-19-9-10-22(16(19)4)17-11-14(2)20(21)15(3)12-17/h5-8,11-12,19H,4,9-10H2,1-3H3. The van der Waals surface area contributed by atoms with Crippen LogP contribution in [0.2, 0.25) is 0 Å². The molecule has 0 bridgehead atoms. The first-order chi connectivity index (χ1) is 11.9. The van der Waals surface area contributed by atoms with Gasteiger partial charge in [-0.25, -0.2) is 8.60 Å². The third kappa shape index (κ3) is 3.67. The molecule has 0 aromatic heterocycles. The van der Waals surface area contributed by atoms with Crippen LogP contribution in [0.3, 0.4) is 0 Å². The van der Waals surface area contributed by atoms with Crippen molar-refractivity contribution < 1.29 is 12.8 Å². The van der Waals surface area contributed by atoms with Gasteiger partial charge in [-0.2, -0.15) is 0 Å². The Morgan fingerprint density at radius 2 is 1.76 bits per heavy atom. The molecule has 3 rings (SSSR count). The van der Waals surface area contributed by atoms with Crippen molar-refractivity contribution in [1.82, 2.24) is 0 Å². The molecule has 1 aliphatic heterocycles. The van der Waals surface area contributed by atoms with Crippen molar-refractivity contribution in [2.75, 3.05) is 11.4 Å². The molecule has 3 nitrogen and oxygen atoms in total. The minimum absolute atomic E-state index is 0.179. The van der Waals surface area contributed by atoms with Gasteiger partial charge in [-0.3, -0.25) is 4.18 Å². The van der Waals surface area contributed by atoms with Crippen molar-refractivity contribution in [3.63, 3.8) is 0 Å². The van der Waals surface area contributed by atoms with Gasteiger partial charge in [-0.15, -0.1) is 0 Å². The monoisotopic (exact) mass is 359 g/mol. The maximum absolute atomic E-state index is 13.9. The van der Waals surface area contributed by atoms with Gasteiger partial charge in [-0.05, 0) is 62.6 Å². The maximum atomic E-state index is 13.9. The third-order valence-corrected chi connectivity index (χ3v) is 5.55. The highest BCUT2D eigenvalue weighted by atomic mass is 32.2. The van der Waals surface area contributed by atoms with Gasteiger partial charge in [-0.1, -0.05) is 24.3 Å². The smallest absolute Gasteiger partial charge is 0.189 e. The lowest BCUT2D eigenvalue weighted by molar-refractivity contribution is 0.274. The van der Waals surface area contributed by atoms with Gasteiger partial charge in [0.2, 0.25) is 0 Å². The minimum Gasteiger partial charge on any atom is -0.343 e. The van der Waals surface area contributed by atoms with Crippen LogP contribution in [-0.4, -0.2) is 16.9 Å². The number of aryl methyl sites for hydroxylation is 3. The van der Waals surface area contributed by atoms with Crippen LogP contribution in [0.1, 0.15) is 23.1 Å². The van der Waals surface area contributed by atoms with E-state index in [4.69, 9.17) is 4.18 Å². The molecular formula is C20H22FNO2S. The molecule has 1 heterocycles. The van der Waals surface area contributed by atoms with Gasteiger partial charge in [0.05, 0.1) is 4.90 Å². The quantitative estimate of drug-likeness (QED) is 0.800. The Morgan fingerprint density at radius 1 is 1.16 bits per heavy atom. The van der Waals surface area contributed by atoms with E-state index >= 15 is 0 Å². The van der Waals surface area contributed by atoms with Crippen LogP contribution < -0.4 is 4.90 Å². The average Bonchev–Trinajstić information content (AvgIpc) is 2.93. The SMILES string of the molecule is C=C1C(OS(=O)c2ccc(C)cc2)CCN1c1cc(C)c(F)c(C)c1. The van der Waals surface area contributed by atoms with Crippen molar-refractivity contribution in [1.29, 1.82) is 0 Å². The lowest BCUT2D eigenvalue weighted by Crippen LogP contribution is -2.20. The molecule has 2 aromatic rings. The molecule has 0 aliphatic carbocycles. The Balaban J connectivity index is 1.73. The van der Waals surface area contributed by atoms with Crippen molar-refractivity contribution >= 4 is 16.8 Å². The fraction of sp³-hybridized carbons (Fsp3) is 0.300. The van der Waals surface area contributed by atoms with E-state index in [1.165, 1.54) is 0 Å². The largest absolute Gasteiger partial charge is 0.343 e. The predicted molar refractivity (Wildman–Crippen MR) is 99.4 cm³/mol. The van der Waals surface area contributed by atoms with Gasteiger partial charge < -0.3 is 4.90 Å². The van der Waals surface area contributed by atoms with Crippen LogP contribution in [0.15, 0.2) is 53.6 Å². The number of anilines is 1. The highest BCUT2D eigenvalue weighted by Crippen LogP contribution is 2.32. The lowest BCUT2D eigenvalue weighted by atomic mass is 10.1. The van der Waals surface area contributed by atoms with Crippen LogP contribution in [0.4, 0.5) is 10.1 Å². The Bertz CT molecular complexity index is 809. The van der Waals surface area contributed by atoms with Crippen molar-refractivity contribution in [3.05, 3.63) is 71.2 Å². The first-order valence-corrected chi connectivity index (χ1v) is 9.33. The van der Waals surface area contributed by atoms with E-state index in [2.05, 4.69) is 6.58 Å². The molecule has 1 fully saturated rings. The van der Waals surface area contributed by atoms with Crippen LogP contribution in [-0.2, 0) is 15.3 Å². The van der Waals surface area contributed by atoms with Crippen molar-refractivity contribution in [2.24, 2.45) is 0 Å². The van der Waals surface area contributed by atoms with Crippen molar-refractivity contribution in [3.8, 4) is 0 Å². The molecule has 0 N–H and O–H groups in total. The second-order valence-electron chi connectivity index (χ2n) is 6.46. The van der Waals surface area contributed by atoms with E-state index in [1.54, 1.807) is 13.8 Å². The van der Waals surface area contributed by atoms with Crippen molar-refractivity contribution in [2.45, 2.75) is 38.2 Å². The fourth-order valence-corrected chi connectivity index (χ4v) is 3.91. The zero-order valence-corrected chi connectivity index (χ0v) is 15.5. The first kappa shape index (κ1) is 17.8. The van der Waals surface area contributed by atoms with Crippen LogP contribution in [0.25, 0.3) is 0 Å². The Morgan fingerprint density at radius 3 is 2.36 bits per heavy atom. The molecule has 1 aliphatic rings. The number of rotatable bonds is 4. The highest BCUT2D eigenvalue weighted by Gasteiger charge is 2.30. The molecule has 0 amide bonds. The topological polar surface area (TPSA) is 29.5 Å². The number of halogens is 1. The number of hydrogen-bond acceptors (Lipinski definition) is 3. The van der Waals surface area contributed by atoms with E-state index in [0.29, 0.717) is 29.0 Å². The predicted octanol–water partition coefficient (Wildman–Crippen LogP) is 4.58. The Hall–Kier alpha value is -1.98. The number of benzene rings is 2. The van der Waals surface area contributed by atoms with Gasteiger partial charge in [0.1, 0.15) is 11.9 Å². The number of nitrogens with zero attached hydrogens (tertiary/aromatic N) is 1. The van der Waals surface area contributed by atoms with E-state index in [-0.39, 0.29) is 11.9 Å². The summed E-state index contributed by atoms with van der Waals surface area (Å²) in [5.41, 5.74) is 3.98. The van der Waals surface area contributed by atoms with Crippen LogP contribution in [0, 0.1) is 26.6 Å². The molecule has 2 aromatic carbocycles. The molecule has 0 saturated carbocycles. The van der Waals surface area contributed by atoms with E-state index < -0.39 is 11.1 Å². The zero-order valence-electron chi connectivity index (χ0n) is 14.7. The Kier molecular flexibility index (Phi) is 5.06. The van der Waals surface area contributed by atoms with E-state index in [9.17, 15) is 8.60 Å². The summed E-state index contributed by atoms with van der Waals surface area (Å²) in [4.78, 5) is 2.65. The highest BCUT2D eigenvalue weighted by molar-refractivity contribution is 7.80. The molecule has 0 radical (unpaired) electrons. The minimum atomic E-state index is -1.53. The zero-order chi connectivity index (χ0) is 18.1. The van der Waals surface area contributed by atoms with Gasteiger partial charge >= 0.3 is 0 Å². The third-order valence-electron chi connectivity index (χ3n) is 4.48. The summed E-state index contributed by atoms with van der Waals surface area (Å²) in [6, 6.07) is 11.1. The maximum Gasteiger partial charge on any atom is 0.189 e. The summed E-state index contributed by atoms with van der Waals surface area (Å²) in [6.07, 6.45) is 0.388. The first-order valence-electron chi connectivity index (χ1n) is 8.25. The second-order valence-corrected chi connectivity index (χ2v) is 7.59. The molecule has 2 unspecified atom stereocenters. The normalized spacial score (nSPS) is 18.6. The molecular weight excluding hydrogens is 337 g/mol. The van der Waals surface area contributed by atoms with Gasteiger partial charge in [0.25, 0.3) is 0 Å². The summed E-state index contributed by atoms with van der Waals surface area (Å²) in [5.74, 6) is -0.179. The van der Waals surface area contributed by atoms with E-state index in [1.807, 2.05) is 48.2 Å². The lowest BCUT2D eigenvalue weighted by Gasteiger charge is -2.22. The summed E-state index contributed by atoms with van der Waals surface area (Å²) in [7, 11) is 0. The summed E-state index contributed by atoms with van der Waals surface area (Å²) in [6.45, 7) is 10.3. The fourth-order valence-electron chi connectivity index (χ4n) is 3.02. The summed E-state index contributed by atoms with van der Waals surface area (Å²) >= 11 is -1.53. The second kappa shape index (κ2) is 7.10. The van der Waals surface area contributed by atoms with Crippen LogP contribution in [0.5, 0.6) is 0 Å². The molecule has 1 saturated heterocycles. The molecule has 0 spiro atoms.